The Bertz CT molecular complexity index is 618. The van der Waals surface area contributed by atoms with Gasteiger partial charge in [0.05, 0.1) is 23.5 Å². The molecule has 1 fully saturated rings. The molecule has 0 saturated carbocycles. The molecular formula is C13H15N3O6. The van der Waals surface area contributed by atoms with Crippen LogP contribution in [0.4, 0.5) is 11.5 Å². The lowest BCUT2D eigenvalue weighted by atomic mass is 9.98. The Hall–Kier alpha value is -2.71. The van der Waals surface area contributed by atoms with E-state index in [1.54, 1.807) is 4.90 Å². The summed E-state index contributed by atoms with van der Waals surface area (Å²) in [6, 6.07) is 1.10. The largest absolute Gasteiger partial charge is 0.481 e. The van der Waals surface area contributed by atoms with Gasteiger partial charge < -0.3 is 14.7 Å². The highest BCUT2D eigenvalue weighted by Crippen LogP contribution is 2.30. The van der Waals surface area contributed by atoms with Crippen LogP contribution in [0.15, 0.2) is 12.3 Å². The van der Waals surface area contributed by atoms with Gasteiger partial charge in [0, 0.05) is 25.4 Å². The summed E-state index contributed by atoms with van der Waals surface area (Å²) < 4.78 is 4.51. The van der Waals surface area contributed by atoms with Gasteiger partial charge >= 0.3 is 17.6 Å². The topological polar surface area (TPSA) is 123 Å². The Morgan fingerprint density at radius 3 is 2.86 bits per heavy atom. The van der Waals surface area contributed by atoms with Crippen molar-refractivity contribution < 1.29 is 24.4 Å². The number of esters is 1. The molecule has 22 heavy (non-hydrogen) atoms. The van der Waals surface area contributed by atoms with E-state index in [4.69, 9.17) is 5.11 Å². The van der Waals surface area contributed by atoms with Crippen molar-refractivity contribution in [2.75, 3.05) is 25.1 Å². The molecule has 1 atom stereocenters. The van der Waals surface area contributed by atoms with Gasteiger partial charge in [-0.15, -0.1) is 0 Å². The number of carboxylic acid groups (broad SMARTS) is 1. The van der Waals surface area contributed by atoms with Crippen LogP contribution in [0.1, 0.15) is 23.2 Å². The van der Waals surface area contributed by atoms with Crippen molar-refractivity contribution in [1.82, 2.24) is 4.98 Å². The Kier molecular flexibility index (Phi) is 4.54. The minimum atomic E-state index is -0.932. The molecule has 9 nitrogen and oxygen atoms in total. The molecule has 1 aromatic heterocycles. The Morgan fingerprint density at radius 2 is 2.27 bits per heavy atom. The highest BCUT2D eigenvalue weighted by molar-refractivity contribution is 5.90. The molecule has 1 aliphatic heterocycles. The third-order valence-corrected chi connectivity index (χ3v) is 3.54. The zero-order valence-electron chi connectivity index (χ0n) is 11.9. The molecule has 9 heteroatoms. The minimum Gasteiger partial charge on any atom is -0.481 e. The first-order chi connectivity index (χ1) is 10.4. The Labute approximate surface area is 125 Å². The third kappa shape index (κ3) is 3.13. The highest BCUT2D eigenvalue weighted by atomic mass is 16.6. The van der Waals surface area contributed by atoms with Crippen molar-refractivity contribution in [2.24, 2.45) is 5.92 Å². The first kappa shape index (κ1) is 15.7. The number of hydrogen-bond donors (Lipinski definition) is 1. The summed E-state index contributed by atoms with van der Waals surface area (Å²) in [7, 11) is 1.17. The molecule has 0 aromatic carbocycles. The number of anilines is 1. The number of carbonyl (C=O) groups excluding carboxylic acids is 1. The van der Waals surface area contributed by atoms with Crippen LogP contribution in [0.3, 0.4) is 0 Å². The van der Waals surface area contributed by atoms with E-state index in [9.17, 15) is 19.7 Å². The number of pyridine rings is 1. The molecule has 1 aliphatic rings. The fourth-order valence-electron chi connectivity index (χ4n) is 2.42. The molecule has 0 radical (unpaired) electrons. The van der Waals surface area contributed by atoms with Crippen LogP contribution >= 0.6 is 0 Å². The minimum absolute atomic E-state index is 0.0234. The second kappa shape index (κ2) is 6.37. The molecule has 1 unspecified atom stereocenters. The fourth-order valence-corrected chi connectivity index (χ4v) is 2.42. The average Bonchev–Trinajstić information content (AvgIpc) is 2.53. The van der Waals surface area contributed by atoms with Gasteiger partial charge in [-0.2, -0.15) is 0 Å². The first-order valence-electron chi connectivity index (χ1n) is 6.64. The third-order valence-electron chi connectivity index (χ3n) is 3.54. The lowest BCUT2D eigenvalue weighted by Crippen LogP contribution is -2.39. The van der Waals surface area contributed by atoms with Crippen molar-refractivity contribution in [3.8, 4) is 0 Å². The maximum Gasteiger partial charge on any atom is 0.339 e. The molecule has 0 bridgehead atoms. The highest BCUT2D eigenvalue weighted by Gasteiger charge is 2.30. The van der Waals surface area contributed by atoms with Crippen LogP contribution in [-0.2, 0) is 9.53 Å². The SMILES string of the molecule is COC(=O)c1cnc(N2CCCC(C(=O)O)C2)c([N+](=O)[O-])c1. The predicted molar refractivity (Wildman–Crippen MR) is 74.8 cm³/mol. The van der Waals surface area contributed by atoms with Crippen LogP contribution < -0.4 is 4.90 Å². The first-order valence-corrected chi connectivity index (χ1v) is 6.64. The summed E-state index contributed by atoms with van der Waals surface area (Å²) in [6.07, 6.45) is 2.33. The lowest BCUT2D eigenvalue weighted by Gasteiger charge is -2.31. The number of carbonyl (C=O) groups is 2. The van der Waals surface area contributed by atoms with Crippen LogP contribution in [0.25, 0.3) is 0 Å². The second-order valence-electron chi connectivity index (χ2n) is 4.94. The van der Waals surface area contributed by atoms with Crippen molar-refractivity contribution in [1.29, 1.82) is 0 Å². The lowest BCUT2D eigenvalue weighted by molar-refractivity contribution is -0.384. The van der Waals surface area contributed by atoms with Gasteiger partial charge in [-0.05, 0) is 12.8 Å². The smallest absolute Gasteiger partial charge is 0.339 e. The average molecular weight is 309 g/mol. The van der Waals surface area contributed by atoms with Gasteiger partial charge in [-0.1, -0.05) is 0 Å². The number of ether oxygens (including phenoxy) is 1. The maximum atomic E-state index is 11.4. The summed E-state index contributed by atoms with van der Waals surface area (Å²) >= 11 is 0. The molecule has 1 N–H and O–H groups in total. The molecule has 1 saturated heterocycles. The van der Waals surface area contributed by atoms with Crippen LogP contribution in [0, 0.1) is 16.0 Å². The number of methoxy groups -OCH3 is 1. The number of nitrogens with zero attached hydrogens (tertiary/aromatic N) is 3. The number of rotatable bonds is 4. The van der Waals surface area contributed by atoms with Gasteiger partial charge in [0.1, 0.15) is 0 Å². The molecular weight excluding hydrogens is 294 g/mol. The number of aromatic nitrogens is 1. The Morgan fingerprint density at radius 1 is 1.55 bits per heavy atom. The van der Waals surface area contributed by atoms with E-state index in [2.05, 4.69) is 9.72 Å². The van der Waals surface area contributed by atoms with Gasteiger partial charge in [-0.25, -0.2) is 9.78 Å². The van der Waals surface area contributed by atoms with E-state index in [-0.39, 0.29) is 23.6 Å². The van der Waals surface area contributed by atoms with E-state index in [0.29, 0.717) is 19.4 Å². The van der Waals surface area contributed by atoms with Crippen molar-refractivity contribution in [3.63, 3.8) is 0 Å². The van der Waals surface area contributed by atoms with Crippen LogP contribution in [0.5, 0.6) is 0 Å². The number of nitro groups is 1. The van der Waals surface area contributed by atoms with Gasteiger partial charge in [-0.3, -0.25) is 14.9 Å². The number of piperidine rings is 1. The zero-order valence-corrected chi connectivity index (χ0v) is 11.9. The van der Waals surface area contributed by atoms with E-state index in [0.717, 1.165) is 6.07 Å². The van der Waals surface area contributed by atoms with Crippen molar-refractivity contribution in [2.45, 2.75) is 12.8 Å². The molecule has 0 amide bonds. The summed E-state index contributed by atoms with van der Waals surface area (Å²) in [5.74, 6) is -2.17. The number of hydrogen-bond acceptors (Lipinski definition) is 7. The fraction of sp³-hybridized carbons (Fsp3) is 0.462. The molecule has 0 spiro atoms. The standard InChI is InChI=1S/C13H15N3O6/c1-22-13(19)9-5-10(16(20)21)11(14-6-9)15-4-2-3-8(7-15)12(17)18/h5-6,8H,2-4,7H2,1H3,(H,17,18). The van der Waals surface area contributed by atoms with E-state index >= 15 is 0 Å². The summed E-state index contributed by atoms with van der Waals surface area (Å²) in [4.78, 5) is 38.7. The van der Waals surface area contributed by atoms with E-state index in [1.807, 2.05) is 0 Å². The normalized spacial score (nSPS) is 17.9. The summed E-state index contributed by atoms with van der Waals surface area (Å²) in [5, 5.41) is 20.3. The van der Waals surface area contributed by atoms with Gasteiger partial charge in [0.15, 0.2) is 0 Å². The van der Waals surface area contributed by atoms with Crippen molar-refractivity contribution >= 4 is 23.4 Å². The Balaban J connectivity index is 2.35. The second-order valence-corrected chi connectivity index (χ2v) is 4.94. The maximum absolute atomic E-state index is 11.4. The molecule has 2 heterocycles. The van der Waals surface area contributed by atoms with E-state index in [1.165, 1.54) is 13.3 Å². The van der Waals surface area contributed by atoms with Crippen molar-refractivity contribution in [3.05, 3.63) is 27.9 Å². The predicted octanol–water partition coefficient (Wildman–Crippen LogP) is 1.08. The molecule has 0 aliphatic carbocycles. The van der Waals surface area contributed by atoms with Crippen LogP contribution in [-0.4, -0.2) is 47.2 Å². The zero-order chi connectivity index (χ0) is 16.3. The number of aliphatic carboxylic acids is 1. The number of carboxylic acids is 1. The molecule has 2 rings (SSSR count). The van der Waals surface area contributed by atoms with Gasteiger partial charge in [0.2, 0.25) is 5.82 Å². The van der Waals surface area contributed by atoms with Gasteiger partial charge in [0.25, 0.3) is 0 Å². The molecule has 118 valence electrons. The molecule has 1 aromatic rings. The summed E-state index contributed by atoms with van der Waals surface area (Å²) in [5.41, 5.74) is -0.362. The van der Waals surface area contributed by atoms with E-state index < -0.39 is 22.8 Å². The van der Waals surface area contributed by atoms with Crippen LogP contribution in [0.2, 0.25) is 0 Å². The monoisotopic (exact) mass is 309 g/mol. The quantitative estimate of drug-likeness (QED) is 0.498. The summed E-state index contributed by atoms with van der Waals surface area (Å²) in [6.45, 7) is 0.635.